The van der Waals surface area contributed by atoms with Gasteiger partial charge in [0.15, 0.2) is 0 Å². The maximum Gasteiger partial charge on any atom is 0.00754 e. The van der Waals surface area contributed by atoms with Gasteiger partial charge in [-0.05, 0) is 30.4 Å². The van der Waals surface area contributed by atoms with Gasteiger partial charge < -0.3 is 0 Å². The molecule has 0 aliphatic carbocycles. The summed E-state index contributed by atoms with van der Waals surface area (Å²) >= 11 is 0. The minimum Gasteiger partial charge on any atom is -0.103 e. The number of allylic oxidation sites excluding steroid dienone is 3. The Kier molecular flexibility index (Phi) is 64.7. The van der Waals surface area contributed by atoms with Crippen LogP contribution in [0, 0.1) is 0 Å². The van der Waals surface area contributed by atoms with Crippen molar-refractivity contribution in [2.24, 2.45) is 0 Å². The second-order valence-corrected chi connectivity index (χ2v) is 3.49. The fraction of sp³-hybridized carbons (Fsp3) is 0.667. The van der Waals surface area contributed by atoms with Crippen molar-refractivity contribution in [1.82, 2.24) is 0 Å². The van der Waals surface area contributed by atoms with Crippen molar-refractivity contribution in [3.8, 4) is 0 Å². The number of rotatable bonds is 3. The third-order valence-corrected chi connectivity index (χ3v) is 1.73. The van der Waals surface area contributed by atoms with E-state index in [9.17, 15) is 0 Å². The highest BCUT2D eigenvalue weighted by Gasteiger charge is 1.56. The summed E-state index contributed by atoms with van der Waals surface area (Å²) in [6, 6.07) is 1.30. The molecule has 0 aliphatic heterocycles. The zero-order valence-corrected chi connectivity index (χ0v) is 12.3. The quantitative estimate of drug-likeness (QED) is 0.517. The molecule has 0 bridgehead atoms. The van der Waals surface area contributed by atoms with E-state index in [1.54, 1.807) is 0 Å². The molecule has 14 heavy (non-hydrogen) atoms. The monoisotopic (exact) mass is 232 g/mol. The first-order valence-electron chi connectivity index (χ1n) is 5.46. The van der Waals surface area contributed by atoms with Gasteiger partial charge in [-0.2, -0.15) is 0 Å². The van der Waals surface area contributed by atoms with Crippen molar-refractivity contribution in [2.45, 2.75) is 53.0 Å². The summed E-state index contributed by atoms with van der Waals surface area (Å²) in [5.41, 5.74) is 0. The van der Waals surface area contributed by atoms with Gasteiger partial charge in [-0.1, -0.05) is 51.8 Å². The first-order chi connectivity index (χ1) is 6.24. The van der Waals surface area contributed by atoms with Crippen LogP contribution >= 0.6 is 0 Å². The minimum atomic E-state index is 0. The SMILES string of the molecule is C=CCC.CC=CC[SiH3].CCCC.[SiH4]. The largest absolute Gasteiger partial charge is 0.103 e. The van der Waals surface area contributed by atoms with Crippen LogP contribution in [0.4, 0.5) is 0 Å². The van der Waals surface area contributed by atoms with Gasteiger partial charge in [0.05, 0.1) is 0 Å². The average molecular weight is 233 g/mol. The number of unbranched alkanes of at least 4 members (excludes halogenated alkanes) is 1. The Hall–Kier alpha value is -0.0862. The molecule has 0 rings (SSSR count). The summed E-state index contributed by atoms with van der Waals surface area (Å²) in [5.74, 6) is 0. The molecule has 0 radical (unpaired) electrons. The van der Waals surface area contributed by atoms with E-state index in [1.807, 2.05) is 6.08 Å². The zero-order valence-electron chi connectivity index (χ0n) is 10.3. The maximum absolute atomic E-state index is 3.48. The second-order valence-electron chi connectivity index (χ2n) is 2.67. The summed E-state index contributed by atoms with van der Waals surface area (Å²) < 4.78 is 0. The average Bonchev–Trinajstić information content (AvgIpc) is 2.20. The van der Waals surface area contributed by atoms with Crippen molar-refractivity contribution in [3.05, 3.63) is 24.8 Å². The maximum atomic E-state index is 3.48. The summed E-state index contributed by atoms with van der Waals surface area (Å²) in [5, 5.41) is 0. The standard InChI is InChI=1S/C4H10Si.C4H10.C4H8.H4Si/c1-2-3-4-5;2*1-3-4-2;/h2-3H,4H2,1,5H3;3-4H2,1-2H3;3H,1,4H2,2H3;1H4. The van der Waals surface area contributed by atoms with E-state index in [-0.39, 0.29) is 11.0 Å². The summed E-state index contributed by atoms with van der Waals surface area (Å²) in [4.78, 5) is 0. The molecule has 0 nitrogen and oxygen atoms in total. The minimum absolute atomic E-state index is 0. The highest BCUT2D eigenvalue weighted by molar-refractivity contribution is 6.09. The Morgan fingerprint density at radius 3 is 1.50 bits per heavy atom. The van der Waals surface area contributed by atoms with E-state index in [2.05, 4.69) is 46.4 Å². The molecule has 0 fully saturated rings. The molecule has 88 valence electrons. The van der Waals surface area contributed by atoms with Crippen molar-refractivity contribution >= 4 is 21.2 Å². The predicted molar refractivity (Wildman–Crippen MR) is 82.0 cm³/mol. The van der Waals surface area contributed by atoms with Crippen LogP contribution in [-0.2, 0) is 0 Å². The van der Waals surface area contributed by atoms with Crippen LogP contribution < -0.4 is 0 Å². The normalized spacial score (nSPS) is 7.71. The highest BCUT2D eigenvalue weighted by atomic mass is 28.1. The second kappa shape index (κ2) is 38.3. The van der Waals surface area contributed by atoms with Gasteiger partial charge in [0, 0.05) is 10.2 Å². The topological polar surface area (TPSA) is 0 Å². The molecule has 0 spiro atoms. The third-order valence-electron chi connectivity index (χ3n) is 1.26. The van der Waals surface area contributed by atoms with Gasteiger partial charge >= 0.3 is 0 Å². The van der Waals surface area contributed by atoms with Crippen LogP contribution in [0.25, 0.3) is 0 Å². The first-order valence-corrected chi connectivity index (χ1v) is 6.88. The lowest BCUT2D eigenvalue weighted by molar-refractivity contribution is 0.886. The molecular weight excluding hydrogens is 200 g/mol. The molecule has 0 unspecified atom stereocenters. The van der Waals surface area contributed by atoms with Gasteiger partial charge in [-0.3, -0.25) is 0 Å². The molecule has 0 aromatic rings. The molecule has 0 saturated heterocycles. The zero-order chi connectivity index (χ0) is 10.9. The Morgan fingerprint density at radius 1 is 1.14 bits per heavy atom. The molecule has 0 amide bonds. The van der Waals surface area contributed by atoms with Gasteiger partial charge in [-0.15, -0.1) is 6.58 Å². The van der Waals surface area contributed by atoms with Gasteiger partial charge in [-0.25, -0.2) is 0 Å². The molecule has 0 heterocycles. The van der Waals surface area contributed by atoms with E-state index in [1.165, 1.54) is 29.1 Å². The van der Waals surface area contributed by atoms with E-state index in [0.717, 1.165) is 6.42 Å². The van der Waals surface area contributed by atoms with Crippen LogP contribution in [0.2, 0.25) is 6.04 Å². The smallest absolute Gasteiger partial charge is 0.00754 e. The molecule has 0 saturated carbocycles. The molecule has 0 aromatic carbocycles. The van der Waals surface area contributed by atoms with Crippen LogP contribution in [0.1, 0.15) is 47.0 Å². The molecule has 0 aliphatic rings. The lowest BCUT2D eigenvalue weighted by Gasteiger charge is -1.68. The number of hydrogen-bond donors (Lipinski definition) is 0. The summed E-state index contributed by atoms with van der Waals surface area (Å²) in [7, 11) is 1.31. The van der Waals surface area contributed by atoms with Gasteiger partial charge in [0.1, 0.15) is 0 Å². The molecule has 0 N–H and O–H groups in total. The van der Waals surface area contributed by atoms with Crippen molar-refractivity contribution in [1.29, 1.82) is 0 Å². The fourth-order valence-electron chi connectivity index (χ4n) is 0.236. The van der Waals surface area contributed by atoms with Gasteiger partial charge in [0.2, 0.25) is 0 Å². The highest BCUT2D eigenvalue weighted by Crippen LogP contribution is 1.76. The van der Waals surface area contributed by atoms with Crippen molar-refractivity contribution in [2.75, 3.05) is 0 Å². The Labute approximate surface area is 99.3 Å². The first kappa shape index (κ1) is 23.6. The van der Waals surface area contributed by atoms with Crippen molar-refractivity contribution in [3.63, 3.8) is 0 Å². The van der Waals surface area contributed by atoms with E-state index in [0.29, 0.717) is 0 Å². The van der Waals surface area contributed by atoms with E-state index < -0.39 is 0 Å². The Balaban J connectivity index is -0.0000000522. The predicted octanol–water partition coefficient (Wildman–Crippen LogP) is 2.28. The van der Waals surface area contributed by atoms with E-state index in [4.69, 9.17) is 0 Å². The number of hydrogen-bond acceptors (Lipinski definition) is 0. The summed E-state index contributed by atoms with van der Waals surface area (Å²) in [6.07, 6.45) is 9.87. The van der Waals surface area contributed by atoms with Crippen molar-refractivity contribution < 1.29 is 0 Å². The summed E-state index contributed by atoms with van der Waals surface area (Å²) in [6.45, 7) is 12.0. The third kappa shape index (κ3) is 92.6. The lowest BCUT2D eigenvalue weighted by atomic mass is 10.4. The van der Waals surface area contributed by atoms with Crippen LogP contribution in [0.15, 0.2) is 24.8 Å². The van der Waals surface area contributed by atoms with Crippen LogP contribution in [0.3, 0.4) is 0 Å². The molecule has 0 aromatic heterocycles. The molecular formula is C12H32Si2. The van der Waals surface area contributed by atoms with E-state index >= 15 is 0 Å². The lowest BCUT2D eigenvalue weighted by Crippen LogP contribution is -1.51. The fourth-order valence-corrected chi connectivity index (χ4v) is 0.707. The van der Waals surface area contributed by atoms with Crippen LogP contribution in [-0.4, -0.2) is 21.2 Å². The molecule has 0 atom stereocenters. The Bertz CT molecular complexity index is 86.3. The Morgan fingerprint density at radius 2 is 1.50 bits per heavy atom. The van der Waals surface area contributed by atoms with Crippen LogP contribution in [0.5, 0.6) is 0 Å². The molecule has 2 heteroatoms. The van der Waals surface area contributed by atoms with Gasteiger partial charge in [0.25, 0.3) is 0 Å².